The lowest BCUT2D eigenvalue weighted by Crippen LogP contribution is -2.34. The van der Waals surface area contributed by atoms with Crippen molar-refractivity contribution in [1.82, 2.24) is 25.4 Å². The molecule has 2 N–H and O–H groups in total. The van der Waals surface area contributed by atoms with Gasteiger partial charge in [-0.3, -0.25) is 9.59 Å². The summed E-state index contributed by atoms with van der Waals surface area (Å²) in [5.74, 6) is -0.409. The molecule has 0 saturated heterocycles. The fourth-order valence-electron chi connectivity index (χ4n) is 3.11. The van der Waals surface area contributed by atoms with E-state index in [1.807, 2.05) is 53.2 Å². The van der Waals surface area contributed by atoms with E-state index in [9.17, 15) is 9.59 Å². The summed E-state index contributed by atoms with van der Waals surface area (Å²) in [6.45, 7) is 1.27. The van der Waals surface area contributed by atoms with Crippen molar-refractivity contribution in [2.75, 3.05) is 13.1 Å². The van der Waals surface area contributed by atoms with Crippen LogP contribution in [0.2, 0.25) is 0 Å². The van der Waals surface area contributed by atoms with Crippen LogP contribution in [-0.4, -0.2) is 39.7 Å². The average Bonchev–Trinajstić information content (AvgIpc) is 3.19. The SMILES string of the molecule is O=C(NCCNC(=O)c1cnc2c(cnn2Cc2ccccc2)c1)c1ccccc1. The van der Waals surface area contributed by atoms with Crippen LogP contribution in [0.5, 0.6) is 0 Å². The molecule has 0 saturated carbocycles. The van der Waals surface area contributed by atoms with Gasteiger partial charge in [0.05, 0.1) is 18.3 Å². The number of amides is 2. The Labute approximate surface area is 173 Å². The molecule has 0 fully saturated rings. The van der Waals surface area contributed by atoms with Crippen LogP contribution in [0.25, 0.3) is 11.0 Å². The zero-order valence-corrected chi connectivity index (χ0v) is 16.3. The maximum Gasteiger partial charge on any atom is 0.252 e. The predicted octanol–water partition coefficient (Wildman–Crippen LogP) is 2.64. The highest BCUT2D eigenvalue weighted by Gasteiger charge is 2.11. The number of fused-ring (bicyclic) bond motifs is 1. The monoisotopic (exact) mass is 399 g/mol. The number of rotatable bonds is 7. The molecule has 2 amide bonds. The number of hydrogen-bond acceptors (Lipinski definition) is 4. The first-order chi connectivity index (χ1) is 14.7. The van der Waals surface area contributed by atoms with Crippen molar-refractivity contribution >= 4 is 22.8 Å². The second kappa shape index (κ2) is 9.00. The lowest BCUT2D eigenvalue weighted by molar-refractivity contribution is 0.0927. The third-order valence-electron chi connectivity index (χ3n) is 4.65. The van der Waals surface area contributed by atoms with E-state index in [1.54, 1.807) is 30.6 Å². The van der Waals surface area contributed by atoms with E-state index in [0.717, 1.165) is 16.6 Å². The van der Waals surface area contributed by atoms with Gasteiger partial charge in [0.2, 0.25) is 0 Å². The highest BCUT2D eigenvalue weighted by Crippen LogP contribution is 2.14. The molecule has 0 radical (unpaired) electrons. The van der Waals surface area contributed by atoms with Crippen molar-refractivity contribution in [3.8, 4) is 0 Å². The summed E-state index contributed by atoms with van der Waals surface area (Å²) in [5, 5.41) is 10.8. The Kier molecular flexibility index (Phi) is 5.80. The molecule has 2 heterocycles. The minimum Gasteiger partial charge on any atom is -0.350 e. The second-order valence-electron chi connectivity index (χ2n) is 6.80. The van der Waals surface area contributed by atoms with Crippen LogP contribution >= 0.6 is 0 Å². The van der Waals surface area contributed by atoms with E-state index >= 15 is 0 Å². The number of pyridine rings is 1. The van der Waals surface area contributed by atoms with Crippen LogP contribution in [0.1, 0.15) is 26.3 Å². The number of aromatic nitrogens is 3. The zero-order valence-electron chi connectivity index (χ0n) is 16.3. The van der Waals surface area contributed by atoms with E-state index in [1.165, 1.54) is 0 Å². The van der Waals surface area contributed by atoms with Gasteiger partial charge >= 0.3 is 0 Å². The maximum absolute atomic E-state index is 12.4. The molecule has 7 nitrogen and oxygen atoms in total. The fourth-order valence-corrected chi connectivity index (χ4v) is 3.11. The molecule has 7 heteroatoms. The molecule has 2 aromatic heterocycles. The summed E-state index contributed by atoms with van der Waals surface area (Å²) in [6.07, 6.45) is 3.26. The molecule has 150 valence electrons. The van der Waals surface area contributed by atoms with Gasteiger partial charge in [-0.25, -0.2) is 9.67 Å². The normalized spacial score (nSPS) is 10.7. The molecular formula is C23H21N5O2. The Hall–Kier alpha value is -4.00. The van der Waals surface area contributed by atoms with Gasteiger partial charge in [-0.15, -0.1) is 0 Å². The summed E-state index contributed by atoms with van der Waals surface area (Å²) >= 11 is 0. The van der Waals surface area contributed by atoms with Gasteiger partial charge in [0.15, 0.2) is 5.65 Å². The summed E-state index contributed by atoms with van der Waals surface area (Å²) < 4.78 is 1.81. The highest BCUT2D eigenvalue weighted by molar-refractivity contribution is 5.97. The standard InChI is InChI=1S/C23H21N5O2/c29-22(18-9-5-2-6-10-18)24-11-12-25-23(30)20-13-19-15-27-28(21(19)26-14-20)16-17-7-3-1-4-8-17/h1-10,13-15H,11-12,16H2,(H,24,29)(H,25,30). The second-order valence-corrected chi connectivity index (χ2v) is 6.80. The number of carbonyl (C=O) groups is 2. The summed E-state index contributed by atoms with van der Waals surface area (Å²) in [4.78, 5) is 28.8. The van der Waals surface area contributed by atoms with Crippen LogP contribution in [0.3, 0.4) is 0 Å². The molecule has 0 spiro atoms. The summed E-state index contributed by atoms with van der Waals surface area (Å²) in [5.41, 5.74) is 2.90. The van der Waals surface area contributed by atoms with Crippen molar-refractivity contribution in [2.24, 2.45) is 0 Å². The van der Waals surface area contributed by atoms with E-state index < -0.39 is 0 Å². The quantitative estimate of drug-likeness (QED) is 0.468. The Morgan fingerprint density at radius 1 is 0.800 bits per heavy atom. The van der Waals surface area contributed by atoms with Crippen molar-refractivity contribution in [1.29, 1.82) is 0 Å². The molecule has 0 aliphatic heterocycles. The van der Waals surface area contributed by atoms with Gasteiger partial charge < -0.3 is 10.6 Å². The van der Waals surface area contributed by atoms with Gasteiger partial charge in [0.25, 0.3) is 11.8 Å². The molecule has 0 aliphatic rings. The topological polar surface area (TPSA) is 88.9 Å². The molecule has 4 aromatic rings. The number of carbonyl (C=O) groups excluding carboxylic acids is 2. The Morgan fingerprint density at radius 3 is 2.13 bits per heavy atom. The van der Waals surface area contributed by atoms with E-state index in [0.29, 0.717) is 30.8 Å². The number of benzene rings is 2. The zero-order chi connectivity index (χ0) is 20.8. The Balaban J connectivity index is 1.33. The van der Waals surface area contributed by atoms with Gasteiger partial charge in [0, 0.05) is 30.2 Å². The molecule has 0 bridgehead atoms. The molecule has 0 atom stereocenters. The van der Waals surface area contributed by atoms with E-state index in [2.05, 4.69) is 20.7 Å². The number of hydrogen-bond donors (Lipinski definition) is 2. The summed E-state index contributed by atoms with van der Waals surface area (Å²) in [7, 11) is 0. The largest absolute Gasteiger partial charge is 0.350 e. The molecule has 0 aliphatic carbocycles. The van der Waals surface area contributed by atoms with Gasteiger partial charge in [-0.2, -0.15) is 5.10 Å². The minimum atomic E-state index is -0.242. The first kappa shape index (κ1) is 19.3. The van der Waals surface area contributed by atoms with Crippen LogP contribution in [-0.2, 0) is 6.54 Å². The Bertz CT molecular complexity index is 1160. The molecule has 4 rings (SSSR count). The van der Waals surface area contributed by atoms with Crippen LogP contribution < -0.4 is 10.6 Å². The lowest BCUT2D eigenvalue weighted by atomic mass is 10.2. The van der Waals surface area contributed by atoms with Gasteiger partial charge in [-0.05, 0) is 23.8 Å². The van der Waals surface area contributed by atoms with Crippen molar-refractivity contribution < 1.29 is 9.59 Å². The van der Waals surface area contributed by atoms with Crippen LogP contribution in [0, 0.1) is 0 Å². The predicted molar refractivity (Wildman–Crippen MR) is 114 cm³/mol. The van der Waals surface area contributed by atoms with Crippen molar-refractivity contribution in [3.05, 3.63) is 95.8 Å². The van der Waals surface area contributed by atoms with Crippen LogP contribution in [0.4, 0.5) is 0 Å². The maximum atomic E-state index is 12.4. The van der Waals surface area contributed by atoms with E-state index in [-0.39, 0.29) is 11.8 Å². The first-order valence-electron chi connectivity index (χ1n) is 9.67. The van der Waals surface area contributed by atoms with E-state index in [4.69, 9.17) is 0 Å². The smallest absolute Gasteiger partial charge is 0.252 e. The molecule has 30 heavy (non-hydrogen) atoms. The molecule has 0 unspecified atom stereocenters. The molecule has 2 aromatic carbocycles. The average molecular weight is 399 g/mol. The van der Waals surface area contributed by atoms with Gasteiger partial charge in [-0.1, -0.05) is 48.5 Å². The number of nitrogens with one attached hydrogen (secondary N) is 2. The minimum absolute atomic E-state index is 0.168. The fraction of sp³-hybridized carbons (Fsp3) is 0.130. The first-order valence-corrected chi connectivity index (χ1v) is 9.67. The Morgan fingerprint density at radius 2 is 1.43 bits per heavy atom. The van der Waals surface area contributed by atoms with Crippen LogP contribution in [0.15, 0.2) is 79.1 Å². The van der Waals surface area contributed by atoms with Crippen molar-refractivity contribution in [3.63, 3.8) is 0 Å². The summed E-state index contributed by atoms with van der Waals surface area (Å²) in [6, 6.07) is 20.7. The third-order valence-corrected chi connectivity index (χ3v) is 4.65. The third kappa shape index (κ3) is 4.52. The molecular weight excluding hydrogens is 378 g/mol. The van der Waals surface area contributed by atoms with Gasteiger partial charge in [0.1, 0.15) is 0 Å². The highest BCUT2D eigenvalue weighted by atomic mass is 16.2. The van der Waals surface area contributed by atoms with Crippen molar-refractivity contribution in [2.45, 2.75) is 6.54 Å². The lowest BCUT2D eigenvalue weighted by Gasteiger charge is -2.07. The number of nitrogens with zero attached hydrogens (tertiary/aromatic N) is 3.